The van der Waals surface area contributed by atoms with Crippen LogP contribution >= 0.6 is 0 Å². The summed E-state index contributed by atoms with van der Waals surface area (Å²) in [7, 11) is 2.03. The fourth-order valence-electron chi connectivity index (χ4n) is 4.85. The minimum atomic E-state index is -0.806. The highest BCUT2D eigenvalue weighted by atomic mass is 16.5. The zero-order valence-electron chi connectivity index (χ0n) is 18.8. The Balaban J connectivity index is 1.67. The Morgan fingerprint density at radius 1 is 1.16 bits per heavy atom. The van der Waals surface area contributed by atoms with Crippen molar-refractivity contribution in [2.45, 2.75) is 38.5 Å². The van der Waals surface area contributed by atoms with Crippen molar-refractivity contribution >= 4 is 34.3 Å². The number of rotatable bonds is 3. The second kappa shape index (κ2) is 6.95. The molecule has 0 aromatic heterocycles. The Labute approximate surface area is 188 Å². The molecule has 0 radical (unpaired) electrons. The number of likely N-dealkylation sites (N-methyl/N-ethyl adjacent to an activating group) is 1. The van der Waals surface area contributed by atoms with Crippen molar-refractivity contribution in [1.29, 1.82) is 0 Å². The van der Waals surface area contributed by atoms with Gasteiger partial charge in [0.2, 0.25) is 5.72 Å². The lowest BCUT2D eigenvalue weighted by molar-refractivity contribution is -0.140. The highest BCUT2D eigenvalue weighted by Gasteiger charge is 2.58. The number of para-hydroxylation sites is 1. The maximum Gasteiger partial charge on any atom is 0.333 e. The molecule has 3 aromatic rings. The van der Waals surface area contributed by atoms with Crippen molar-refractivity contribution in [3.05, 3.63) is 77.9 Å². The number of anilines is 1. The standard InChI is InChI=1S/C27H26N2O3/c1-17(2)25(30)31-15-19-14-18-10-6-7-11-20(18)23-24(19)32-27(16-28-23)26(3,4)21-12-8-9-13-22(21)29(27)5/h6-14,16H,1,15H2,2-5H3. The fourth-order valence-corrected chi connectivity index (χ4v) is 4.85. The van der Waals surface area contributed by atoms with E-state index >= 15 is 0 Å². The lowest BCUT2D eigenvalue weighted by Gasteiger charge is -2.45. The number of aliphatic imine (C=N–C) groups is 1. The van der Waals surface area contributed by atoms with Crippen molar-refractivity contribution in [3.63, 3.8) is 0 Å². The van der Waals surface area contributed by atoms with Crippen molar-refractivity contribution in [1.82, 2.24) is 0 Å². The smallest absolute Gasteiger partial charge is 0.333 e. The average Bonchev–Trinajstić information content (AvgIpc) is 2.95. The summed E-state index contributed by atoms with van der Waals surface area (Å²) in [5.74, 6) is 0.222. The van der Waals surface area contributed by atoms with Gasteiger partial charge in [-0.05, 0) is 43.9 Å². The van der Waals surface area contributed by atoms with E-state index in [1.54, 1.807) is 6.92 Å². The normalized spacial score (nSPS) is 20.1. The summed E-state index contributed by atoms with van der Waals surface area (Å²) in [5, 5.41) is 2.02. The zero-order chi connectivity index (χ0) is 22.7. The molecule has 1 spiro atoms. The molecule has 0 saturated carbocycles. The molecular formula is C27H26N2O3. The van der Waals surface area contributed by atoms with E-state index in [0.29, 0.717) is 11.3 Å². The van der Waals surface area contributed by atoms with Crippen LogP contribution in [-0.4, -0.2) is 25.0 Å². The maximum absolute atomic E-state index is 12.1. The van der Waals surface area contributed by atoms with Crippen molar-refractivity contribution in [2.75, 3.05) is 11.9 Å². The molecule has 0 amide bonds. The molecule has 5 heteroatoms. The van der Waals surface area contributed by atoms with Crippen molar-refractivity contribution in [2.24, 2.45) is 4.99 Å². The molecule has 0 aliphatic carbocycles. The summed E-state index contributed by atoms with van der Waals surface area (Å²) < 4.78 is 12.4. The fraction of sp³-hybridized carbons (Fsp3) is 0.259. The van der Waals surface area contributed by atoms with E-state index in [1.165, 1.54) is 5.56 Å². The monoisotopic (exact) mass is 426 g/mol. The van der Waals surface area contributed by atoms with E-state index in [-0.39, 0.29) is 12.0 Å². The van der Waals surface area contributed by atoms with Gasteiger partial charge >= 0.3 is 5.97 Å². The third-order valence-corrected chi connectivity index (χ3v) is 6.72. The molecule has 1 atom stereocenters. The first-order chi connectivity index (χ1) is 15.3. The molecule has 2 heterocycles. The summed E-state index contributed by atoms with van der Waals surface area (Å²) in [5.41, 5.74) is 3.05. The third kappa shape index (κ3) is 2.70. The predicted octanol–water partition coefficient (Wildman–Crippen LogP) is 5.68. The van der Waals surface area contributed by atoms with E-state index in [2.05, 4.69) is 43.5 Å². The minimum Gasteiger partial charge on any atom is -0.459 e. The number of carbonyl (C=O) groups excluding carboxylic acids is 1. The molecule has 3 aromatic carbocycles. The second-order valence-electron chi connectivity index (χ2n) is 9.05. The maximum atomic E-state index is 12.1. The first-order valence-electron chi connectivity index (χ1n) is 10.7. The number of carbonyl (C=O) groups is 1. The van der Waals surface area contributed by atoms with Gasteiger partial charge in [-0.3, -0.25) is 4.99 Å². The van der Waals surface area contributed by atoms with Crippen LogP contribution in [0.25, 0.3) is 10.8 Å². The van der Waals surface area contributed by atoms with E-state index in [9.17, 15) is 4.79 Å². The van der Waals surface area contributed by atoms with E-state index in [4.69, 9.17) is 14.5 Å². The van der Waals surface area contributed by atoms with Gasteiger partial charge < -0.3 is 14.4 Å². The lowest BCUT2D eigenvalue weighted by Crippen LogP contribution is -2.61. The Morgan fingerprint density at radius 2 is 1.88 bits per heavy atom. The molecule has 5 nitrogen and oxygen atoms in total. The van der Waals surface area contributed by atoms with Crippen molar-refractivity contribution in [3.8, 4) is 5.75 Å². The molecular weight excluding hydrogens is 400 g/mol. The number of hydrogen-bond acceptors (Lipinski definition) is 5. The minimum absolute atomic E-state index is 0.0849. The van der Waals surface area contributed by atoms with E-state index < -0.39 is 11.7 Å². The Hall–Kier alpha value is -3.60. The zero-order valence-corrected chi connectivity index (χ0v) is 18.8. The van der Waals surface area contributed by atoms with Crippen LogP contribution in [0.2, 0.25) is 0 Å². The van der Waals surface area contributed by atoms with Gasteiger partial charge in [0.05, 0.1) is 11.6 Å². The first-order valence-corrected chi connectivity index (χ1v) is 10.7. The molecule has 0 fully saturated rings. The molecule has 0 saturated heterocycles. The third-order valence-electron chi connectivity index (χ3n) is 6.72. The van der Waals surface area contributed by atoms with Crippen LogP contribution in [0, 0.1) is 0 Å². The highest BCUT2D eigenvalue weighted by Crippen LogP contribution is 2.54. The second-order valence-corrected chi connectivity index (χ2v) is 9.05. The van der Waals surface area contributed by atoms with Gasteiger partial charge in [0.15, 0.2) is 5.75 Å². The Morgan fingerprint density at radius 3 is 2.62 bits per heavy atom. The van der Waals surface area contributed by atoms with E-state index in [1.807, 2.05) is 49.7 Å². The molecule has 162 valence electrons. The molecule has 2 aliphatic heterocycles. The van der Waals surface area contributed by atoms with Crippen molar-refractivity contribution < 1.29 is 14.3 Å². The molecule has 2 aliphatic rings. The Kier molecular flexibility index (Phi) is 4.41. The van der Waals surface area contributed by atoms with Crippen LogP contribution in [0.15, 0.2) is 71.7 Å². The van der Waals surface area contributed by atoms with Gasteiger partial charge in [0.25, 0.3) is 0 Å². The van der Waals surface area contributed by atoms with Crippen LogP contribution in [-0.2, 0) is 21.6 Å². The first kappa shape index (κ1) is 20.3. The van der Waals surface area contributed by atoms with Gasteiger partial charge in [0.1, 0.15) is 12.3 Å². The lowest BCUT2D eigenvalue weighted by atomic mass is 9.77. The Bertz CT molecular complexity index is 1310. The van der Waals surface area contributed by atoms with Gasteiger partial charge in [-0.2, -0.15) is 0 Å². The quantitative estimate of drug-likeness (QED) is 0.400. The number of fused-ring (bicyclic) bond motifs is 4. The van der Waals surface area contributed by atoms with Crippen LogP contribution < -0.4 is 9.64 Å². The predicted molar refractivity (Wildman–Crippen MR) is 128 cm³/mol. The molecule has 1 unspecified atom stereocenters. The number of esters is 1. The van der Waals surface area contributed by atoms with Gasteiger partial charge in [-0.25, -0.2) is 4.79 Å². The molecule has 5 rings (SSSR count). The van der Waals surface area contributed by atoms with Crippen LogP contribution in [0.4, 0.5) is 11.4 Å². The van der Waals surface area contributed by atoms with Gasteiger partial charge in [-0.1, -0.05) is 49.0 Å². The summed E-state index contributed by atoms with van der Waals surface area (Å²) in [6.45, 7) is 9.75. The highest BCUT2D eigenvalue weighted by molar-refractivity contribution is 6.01. The summed E-state index contributed by atoms with van der Waals surface area (Å²) in [6, 6.07) is 18.4. The summed E-state index contributed by atoms with van der Waals surface area (Å²) in [4.78, 5) is 19.2. The summed E-state index contributed by atoms with van der Waals surface area (Å²) >= 11 is 0. The number of benzene rings is 3. The molecule has 0 N–H and O–H groups in total. The SMILES string of the molecule is C=C(C)C(=O)OCc1cc2ccccc2c2c1OC1(C=N2)N(C)c2ccccc2C1(C)C. The van der Waals surface area contributed by atoms with Crippen LogP contribution in [0.5, 0.6) is 5.75 Å². The molecule has 32 heavy (non-hydrogen) atoms. The molecule has 0 bridgehead atoms. The van der Waals surface area contributed by atoms with Crippen LogP contribution in [0.3, 0.4) is 0 Å². The van der Waals surface area contributed by atoms with Gasteiger partial charge in [-0.15, -0.1) is 0 Å². The topological polar surface area (TPSA) is 51.1 Å². The average molecular weight is 427 g/mol. The van der Waals surface area contributed by atoms with Crippen LogP contribution in [0.1, 0.15) is 31.9 Å². The summed E-state index contributed by atoms with van der Waals surface area (Å²) in [6.07, 6.45) is 1.92. The van der Waals surface area contributed by atoms with Gasteiger partial charge in [0, 0.05) is 29.3 Å². The van der Waals surface area contributed by atoms with E-state index in [0.717, 1.165) is 27.7 Å². The number of hydrogen-bond donors (Lipinski definition) is 0. The number of nitrogens with zero attached hydrogens (tertiary/aromatic N) is 2. The largest absolute Gasteiger partial charge is 0.459 e. The number of ether oxygens (including phenoxy) is 2.